The van der Waals surface area contributed by atoms with Crippen molar-refractivity contribution in [3.8, 4) is 5.75 Å². The molecule has 4 heteroatoms. The van der Waals surface area contributed by atoms with E-state index in [0.717, 1.165) is 17.7 Å². The van der Waals surface area contributed by atoms with E-state index >= 15 is 0 Å². The number of nitrogens with one attached hydrogen (secondary N) is 1. The van der Waals surface area contributed by atoms with Crippen LogP contribution >= 0.6 is 11.6 Å². The average Bonchev–Trinajstić information content (AvgIpc) is 2.35. The van der Waals surface area contributed by atoms with Crippen LogP contribution in [0.3, 0.4) is 0 Å². The number of ether oxygens (including phenoxy) is 1. The van der Waals surface area contributed by atoms with Crippen LogP contribution in [0.15, 0.2) is 23.8 Å². The Hall–Kier alpha value is -1.48. The number of hydrogen-bond acceptors (Lipinski definition) is 2. The molecule has 0 aromatic heterocycles. The Morgan fingerprint density at radius 2 is 2.35 bits per heavy atom. The fraction of sp³-hybridized carbons (Fsp3) is 0.308. The molecule has 3 nitrogen and oxygen atoms in total. The number of carbonyl (C=O) groups excluding carboxylic acids is 1. The summed E-state index contributed by atoms with van der Waals surface area (Å²) < 4.78 is 5.50. The van der Waals surface area contributed by atoms with Gasteiger partial charge < -0.3 is 10.1 Å². The van der Waals surface area contributed by atoms with Crippen LogP contribution in [-0.4, -0.2) is 19.1 Å². The maximum atomic E-state index is 11.8. The summed E-state index contributed by atoms with van der Waals surface area (Å²) in [4.78, 5) is 11.8. The zero-order valence-electron chi connectivity index (χ0n) is 9.63. The van der Waals surface area contributed by atoms with Gasteiger partial charge in [0.25, 0.3) is 5.91 Å². The van der Waals surface area contributed by atoms with Gasteiger partial charge in [0.15, 0.2) is 0 Å². The zero-order chi connectivity index (χ0) is 12.3. The third kappa shape index (κ3) is 2.80. The molecule has 90 valence electrons. The molecular weight excluding hydrogens is 238 g/mol. The van der Waals surface area contributed by atoms with Gasteiger partial charge in [-0.3, -0.25) is 4.79 Å². The highest BCUT2D eigenvalue weighted by Gasteiger charge is 2.16. The van der Waals surface area contributed by atoms with E-state index in [1.54, 1.807) is 12.1 Å². The lowest BCUT2D eigenvalue weighted by molar-refractivity contribution is -0.117. The van der Waals surface area contributed by atoms with Gasteiger partial charge in [0.1, 0.15) is 12.4 Å². The smallest absolute Gasteiger partial charge is 0.250 e. The number of halogens is 1. The van der Waals surface area contributed by atoms with Crippen LogP contribution in [0.5, 0.6) is 5.75 Å². The Morgan fingerprint density at radius 1 is 1.53 bits per heavy atom. The molecule has 0 aliphatic carbocycles. The number of hydrogen-bond donors (Lipinski definition) is 1. The molecule has 1 N–H and O–H groups in total. The lowest BCUT2D eigenvalue weighted by atomic mass is 10.1. The number of benzene rings is 1. The van der Waals surface area contributed by atoms with E-state index in [1.165, 1.54) is 0 Å². The van der Waals surface area contributed by atoms with Gasteiger partial charge in [-0.05, 0) is 30.7 Å². The highest BCUT2D eigenvalue weighted by atomic mass is 35.5. The molecule has 0 saturated carbocycles. The molecular formula is C13H14ClNO2. The van der Waals surface area contributed by atoms with E-state index in [-0.39, 0.29) is 5.91 Å². The van der Waals surface area contributed by atoms with E-state index in [1.807, 2.05) is 19.1 Å². The summed E-state index contributed by atoms with van der Waals surface area (Å²) in [5.41, 5.74) is 1.48. The van der Waals surface area contributed by atoms with Crippen molar-refractivity contribution in [1.29, 1.82) is 0 Å². The van der Waals surface area contributed by atoms with Crippen LogP contribution in [0.25, 0.3) is 6.08 Å². The van der Waals surface area contributed by atoms with Crippen molar-refractivity contribution < 1.29 is 9.53 Å². The summed E-state index contributed by atoms with van der Waals surface area (Å²) >= 11 is 5.90. The molecule has 0 bridgehead atoms. The SMILES string of the molecule is CCCNC(=O)C1=Cc2cc(Cl)ccc2OC1. The third-order valence-corrected chi connectivity index (χ3v) is 2.75. The second-order valence-corrected chi connectivity index (χ2v) is 4.33. The molecule has 1 aromatic carbocycles. The van der Waals surface area contributed by atoms with Gasteiger partial charge in [-0.15, -0.1) is 0 Å². The van der Waals surface area contributed by atoms with Gasteiger partial charge in [0.05, 0.1) is 5.57 Å². The van der Waals surface area contributed by atoms with Crippen molar-refractivity contribution >= 4 is 23.6 Å². The summed E-state index contributed by atoms with van der Waals surface area (Å²) in [6.07, 6.45) is 2.75. The first-order valence-corrected chi connectivity index (χ1v) is 5.99. The van der Waals surface area contributed by atoms with Crippen molar-refractivity contribution in [2.45, 2.75) is 13.3 Å². The minimum Gasteiger partial charge on any atom is -0.488 e. The molecule has 0 atom stereocenters. The van der Waals surface area contributed by atoms with Crippen LogP contribution in [0, 0.1) is 0 Å². The molecule has 0 fully saturated rings. The highest BCUT2D eigenvalue weighted by molar-refractivity contribution is 6.30. The Bertz CT molecular complexity index is 468. The van der Waals surface area contributed by atoms with E-state index in [0.29, 0.717) is 23.7 Å². The predicted molar refractivity (Wildman–Crippen MR) is 68.2 cm³/mol. The van der Waals surface area contributed by atoms with E-state index in [9.17, 15) is 4.79 Å². The fourth-order valence-corrected chi connectivity index (χ4v) is 1.81. The molecule has 1 heterocycles. The normalized spacial score (nSPS) is 13.4. The first kappa shape index (κ1) is 12.0. The molecule has 0 radical (unpaired) electrons. The largest absolute Gasteiger partial charge is 0.488 e. The Morgan fingerprint density at radius 3 is 3.12 bits per heavy atom. The van der Waals surface area contributed by atoms with Crippen molar-refractivity contribution in [3.63, 3.8) is 0 Å². The molecule has 2 rings (SSSR count). The number of fused-ring (bicyclic) bond motifs is 1. The maximum absolute atomic E-state index is 11.8. The number of amides is 1. The van der Waals surface area contributed by atoms with Crippen LogP contribution in [0.2, 0.25) is 5.02 Å². The molecule has 1 amide bonds. The quantitative estimate of drug-likeness (QED) is 0.897. The topological polar surface area (TPSA) is 38.3 Å². The second kappa shape index (κ2) is 5.23. The van der Waals surface area contributed by atoms with Gasteiger partial charge in [0, 0.05) is 17.1 Å². The van der Waals surface area contributed by atoms with Gasteiger partial charge in [0.2, 0.25) is 0 Å². The van der Waals surface area contributed by atoms with E-state index in [2.05, 4.69) is 5.32 Å². The van der Waals surface area contributed by atoms with E-state index in [4.69, 9.17) is 16.3 Å². The molecule has 17 heavy (non-hydrogen) atoms. The molecule has 1 aromatic rings. The third-order valence-electron chi connectivity index (χ3n) is 2.51. The average molecular weight is 252 g/mol. The zero-order valence-corrected chi connectivity index (χ0v) is 10.4. The number of carbonyl (C=O) groups is 1. The van der Waals surface area contributed by atoms with Gasteiger partial charge in [-0.2, -0.15) is 0 Å². The van der Waals surface area contributed by atoms with Crippen LogP contribution in [0.4, 0.5) is 0 Å². The van der Waals surface area contributed by atoms with Crippen LogP contribution in [-0.2, 0) is 4.79 Å². The Labute approximate surface area is 105 Å². The molecule has 0 saturated heterocycles. The van der Waals surface area contributed by atoms with Gasteiger partial charge in [-0.25, -0.2) is 0 Å². The summed E-state index contributed by atoms with van der Waals surface area (Å²) in [6, 6.07) is 5.38. The molecule has 0 unspecified atom stereocenters. The summed E-state index contributed by atoms with van der Waals surface area (Å²) in [7, 11) is 0. The lowest BCUT2D eigenvalue weighted by Crippen LogP contribution is -2.29. The summed E-state index contributed by atoms with van der Waals surface area (Å²) in [5, 5.41) is 3.47. The van der Waals surface area contributed by atoms with Gasteiger partial charge in [-0.1, -0.05) is 18.5 Å². The first-order valence-electron chi connectivity index (χ1n) is 5.62. The summed E-state index contributed by atoms with van der Waals surface area (Å²) in [6.45, 7) is 3.00. The Balaban J connectivity index is 2.19. The molecule has 1 aliphatic heterocycles. The highest BCUT2D eigenvalue weighted by Crippen LogP contribution is 2.28. The monoisotopic (exact) mass is 251 g/mol. The Kier molecular flexibility index (Phi) is 3.69. The molecule has 1 aliphatic rings. The second-order valence-electron chi connectivity index (χ2n) is 3.90. The van der Waals surface area contributed by atoms with Crippen molar-refractivity contribution in [1.82, 2.24) is 5.32 Å². The lowest BCUT2D eigenvalue weighted by Gasteiger charge is -2.17. The van der Waals surface area contributed by atoms with Crippen LogP contribution in [0.1, 0.15) is 18.9 Å². The number of rotatable bonds is 3. The first-order chi connectivity index (χ1) is 8.20. The maximum Gasteiger partial charge on any atom is 0.250 e. The van der Waals surface area contributed by atoms with Crippen molar-refractivity contribution in [3.05, 3.63) is 34.4 Å². The molecule has 0 spiro atoms. The van der Waals surface area contributed by atoms with Crippen LogP contribution < -0.4 is 10.1 Å². The fourth-order valence-electron chi connectivity index (χ4n) is 1.63. The minimum absolute atomic E-state index is 0.0718. The van der Waals surface area contributed by atoms with Crippen molar-refractivity contribution in [2.75, 3.05) is 13.2 Å². The van der Waals surface area contributed by atoms with Crippen molar-refractivity contribution in [2.24, 2.45) is 0 Å². The van der Waals surface area contributed by atoms with E-state index < -0.39 is 0 Å². The minimum atomic E-state index is -0.0718. The predicted octanol–water partition coefficient (Wildman–Crippen LogP) is 2.64. The standard InChI is InChI=1S/C13H14ClNO2/c1-2-5-15-13(16)10-6-9-7-11(14)3-4-12(9)17-8-10/h3-4,6-7H,2,5,8H2,1H3,(H,15,16). The van der Waals surface area contributed by atoms with Gasteiger partial charge >= 0.3 is 0 Å². The summed E-state index contributed by atoms with van der Waals surface area (Å²) in [5.74, 6) is 0.693.